The monoisotopic (exact) mass is 347 g/mol. The third-order valence-electron chi connectivity index (χ3n) is 3.38. The Balaban J connectivity index is 2.10. The van der Waals surface area contributed by atoms with Gasteiger partial charge in [0.2, 0.25) is 5.91 Å². The van der Waals surface area contributed by atoms with Crippen LogP contribution in [-0.4, -0.2) is 37.3 Å². The van der Waals surface area contributed by atoms with Crippen LogP contribution >= 0.6 is 23.2 Å². The smallest absolute Gasteiger partial charge is 0.319 e. The van der Waals surface area contributed by atoms with Crippen LogP contribution in [0.15, 0.2) is 12.1 Å². The molecule has 0 aliphatic heterocycles. The Bertz CT molecular complexity index is 578. The molecule has 1 amide bonds. The van der Waals surface area contributed by atoms with Crippen LogP contribution < -0.4 is 10.1 Å². The summed E-state index contributed by atoms with van der Waals surface area (Å²) < 4.78 is 10.3. The molecule has 1 aliphatic rings. The molecule has 0 saturated heterocycles. The summed E-state index contributed by atoms with van der Waals surface area (Å²) in [6.07, 6.45) is 0.654. The molecule has 22 heavy (non-hydrogen) atoms. The molecular formula is C14H15Cl2NO5. The second-order valence-electron chi connectivity index (χ2n) is 4.95. The van der Waals surface area contributed by atoms with Crippen molar-refractivity contribution in [1.29, 1.82) is 0 Å². The SMILES string of the molecule is COCCOc1c(Cl)cc(NC(=O)C2(C(=O)O)CC2)cc1Cl. The van der Waals surface area contributed by atoms with E-state index in [0.29, 0.717) is 25.1 Å². The van der Waals surface area contributed by atoms with Gasteiger partial charge in [0.05, 0.1) is 16.7 Å². The van der Waals surface area contributed by atoms with Gasteiger partial charge < -0.3 is 19.9 Å². The Labute approximate surface area is 137 Å². The molecule has 120 valence electrons. The maximum absolute atomic E-state index is 12.0. The molecule has 2 rings (SSSR count). The van der Waals surface area contributed by atoms with Gasteiger partial charge in [-0.1, -0.05) is 23.2 Å². The van der Waals surface area contributed by atoms with Crippen molar-refractivity contribution in [2.45, 2.75) is 12.8 Å². The predicted octanol–water partition coefficient (Wildman–Crippen LogP) is 2.82. The fraction of sp³-hybridized carbons (Fsp3) is 0.429. The van der Waals surface area contributed by atoms with Gasteiger partial charge in [-0.2, -0.15) is 0 Å². The van der Waals surface area contributed by atoms with Gasteiger partial charge in [0.25, 0.3) is 0 Å². The first-order valence-electron chi connectivity index (χ1n) is 6.56. The van der Waals surface area contributed by atoms with Crippen molar-refractivity contribution < 1.29 is 24.2 Å². The van der Waals surface area contributed by atoms with E-state index in [4.69, 9.17) is 37.8 Å². The Kier molecular flexibility index (Phi) is 5.16. The minimum atomic E-state index is -1.33. The van der Waals surface area contributed by atoms with Gasteiger partial charge in [0.15, 0.2) is 5.75 Å². The van der Waals surface area contributed by atoms with Gasteiger partial charge in [0.1, 0.15) is 12.0 Å². The minimum Gasteiger partial charge on any atom is -0.488 e. The molecule has 1 saturated carbocycles. The van der Waals surface area contributed by atoms with E-state index in [0.717, 1.165) is 0 Å². The molecule has 2 N–H and O–H groups in total. The van der Waals surface area contributed by atoms with Crippen molar-refractivity contribution in [3.8, 4) is 5.75 Å². The van der Waals surface area contributed by atoms with Crippen LogP contribution in [0, 0.1) is 5.41 Å². The fourth-order valence-corrected chi connectivity index (χ4v) is 2.51. The highest BCUT2D eigenvalue weighted by Gasteiger charge is 2.57. The number of carboxylic acids is 1. The lowest BCUT2D eigenvalue weighted by Gasteiger charge is -2.14. The minimum absolute atomic E-state index is 0.221. The first kappa shape index (κ1) is 16.9. The average Bonchev–Trinajstić information content (AvgIpc) is 3.23. The molecule has 1 aromatic rings. The normalized spacial score (nSPS) is 15.2. The number of hydrogen-bond acceptors (Lipinski definition) is 4. The molecule has 6 nitrogen and oxygen atoms in total. The van der Waals surface area contributed by atoms with Crippen molar-refractivity contribution in [2.75, 3.05) is 25.6 Å². The fourth-order valence-electron chi connectivity index (χ4n) is 1.91. The number of nitrogens with one attached hydrogen (secondary N) is 1. The zero-order valence-electron chi connectivity index (χ0n) is 11.8. The van der Waals surface area contributed by atoms with Crippen LogP contribution in [0.4, 0.5) is 5.69 Å². The van der Waals surface area contributed by atoms with E-state index in [9.17, 15) is 9.59 Å². The molecular weight excluding hydrogens is 333 g/mol. The molecule has 8 heteroatoms. The number of halogens is 2. The largest absolute Gasteiger partial charge is 0.488 e. The summed E-state index contributed by atoms with van der Waals surface area (Å²) in [4.78, 5) is 23.1. The summed E-state index contributed by atoms with van der Waals surface area (Å²) in [5, 5.41) is 12.1. The van der Waals surface area contributed by atoms with Crippen molar-refractivity contribution in [2.24, 2.45) is 5.41 Å². The number of hydrogen-bond donors (Lipinski definition) is 2. The van der Waals surface area contributed by atoms with Crippen molar-refractivity contribution >= 4 is 40.8 Å². The van der Waals surface area contributed by atoms with Gasteiger partial charge in [0, 0.05) is 12.8 Å². The average molecular weight is 348 g/mol. The highest BCUT2D eigenvalue weighted by molar-refractivity contribution is 6.37. The Hall–Kier alpha value is -1.50. The zero-order chi connectivity index (χ0) is 16.3. The van der Waals surface area contributed by atoms with Crippen LogP contribution in [0.2, 0.25) is 10.0 Å². The highest BCUT2D eigenvalue weighted by atomic mass is 35.5. The van der Waals surface area contributed by atoms with Gasteiger partial charge in [-0.25, -0.2) is 0 Å². The quantitative estimate of drug-likeness (QED) is 0.585. The van der Waals surface area contributed by atoms with Crippen LogP contribution in [0.3, 0.4) is 0 Å². The zero-order valence-corrected chi connectivity index (χ0v) is 13.3. The summed E-state index contributed by atoms with van der Waals surface area (Å²) >= 11 is 12.1. The summed E-state index contributed by atoms with van der Waals surface area (Å²) in [6, 6.07) is 2.93. The van der Waals surface area contributed by atoms with Gasteiger partial charge >= 0.3 is 5.97 Å². The van der Waals surface area contributed by atoms with Gasteiger partial charge in [-0.15, -0.1) is 0 Å². The molecule has 0 aromatic heterocycles. The molecule has 0 atom stereocenters. The number of methoxy groups -OCH3 is 1. The predicted molar refractivity (Wildman–Crippen MR) is 81.8 cm³/mol. The molecule has 1 fully saturated rings. The van der Waals surface area contributed by atoms with Crippen LogP contribution in [-0.2, 0) is 14.3 Å². The number of anilines is 1. The first-order chi connectivity index (χ1) is 10.4. The summed E-state index contributed by atoms with van der Waals surface area (Å²) in [6.45, 7) is 0.663. The number of carbonyl (C=O) groups excluding carboxylic acids is 1. The maximum atomic E-state index is 12.0. The van der Waals surface area contributed by atoms with Crippen molar-refractivity contribution in [3.05, 3.63) is 22.2 Å². The maximum Gasteiger partial charge on any atom is 0.319 e. The van der Waals surface area contributed by atoms with Gasteiger partial charge in [-0.05, 0) is 25.0 Å². The van der Waals surface area contributed by atoms with Crippen molar-refractivity contribution in [1.82, 2.24) is 0 Å². The number of rotatable bonds is 7. The number of benzene rings is 1. The van der Waals surface area contributed by atoms with Crippen molar-refractivity contribution in [3.63, 3.8) is 0 Å². The second-order valence-corrected chi connectivity index (χ2v) is 5.77. The number of carbonyl (C=O) groups is 2. The summed E-state index contributed by atoms with van der Waals surface area (Å²) in [5.41, 5.74) is -1.00. The van der Waals surface area contributed by atoms with Crippen LogP contribution in [0.1, 0.15) is 12.8 Å². The number of aliphatic carboxylic acids is 1. The summed E-state index contributed by atoms with van der Waals surface area (Å²) in [5.74, 6) is -1.40. The van der Waals surface area contributed by atoms with E-state index in [1.54, 1.807) is 7.11 Å². The lowest BCUT2D eigenvalue weighted by atomic mass is 10.1. The molecule has 1 aliphatic carbocycles. The first-order valence-corrected chi connectivity index (χ1v) is 7.32. The summed E-state index contributed by atoms with van der Waals surface area (Å²) in [7, 11) is 1.54. The lowest BCUT2D eigenvalue weighted by molar-refractivity contribution is -0.147. The van der Waals surface area contributed by atoms with E-state index in [1.807, 2.05) is 0 Å². The molecule has 0 unspecified atom stereocenters. The third-order valence-corrected chi connectivity index (χ3v) is 3.95. The number of amides is 1. The highest BCUT2D eigenvalue weighted by Crippen LogP contribution is 2.47. The van der Waals surface area contributed by atoms with E-state index in [-0.39, 0.29) is 22.4 Å². The number of ether oxygens (including phenoxy) is 2. The van der Waals surface area contributed by atoms with E-state index in [2.05, 4.69) is 5.32 Å². The van der Waals surface area contributed by atoms with Gasteiger partial charge in [-0.3, -0.25) is 9.59 Å². The molecule has 0 bridgehead atoms. The molecule has 0 spiro atoms. The molecule has 0 radical (unpaired) electrons. The second kappa shape index (κ2) is 6.73. The Morgan fingerprint density at radius 2 is 1.86 bits per heavy atom. The van der Waals surface area contributed by atoms with Crippen LogP contribution in [0.5, 0.6) is 5.75 Å². The van der Waals surface area contributed by atoms with Crippen LogP contribution in [0.25, 0.3) is 0 Å². The molecule has 1 aromatic carbocycles. The standard InChI is InChI=1S/C14H15Cl2NO5/c1-21-4-5-22-11-9(15)6-8(7-10(11)16)17-12(18)14(2-3-14)13(19)20/h6-7H,2-5H2,1H3,(H,17,18)(H,19,20). The number of carboxylic acid groups (broad SMARTS) is 1. The Morgan fingerprint density at radius 1 is 1.27 bits per heavy atom. The van der Waals surface area contributed by atoms with E-state index >= 15 is 0 Å². The molecule has 0 heterocycles. The topological polar surface area (TPSA) is 84.9 Å². The lowest BCUT2D eigenvalue weighted by Crippen LogP contribution is -2.31. The third kappa shape index (κ3) is 3.45. The Morgan fingerprint density at radius 3 is 2.32 bits per heavy atom. The van der Waals surface area contributed by atoms with E-state index in [1.165, 1.54) is 12.1 Å². The van der Waals surface area contributed by atoms with E-state index < -0.39 is 17.3 Å².